The number of halogens is 2. The van der Waals surface area contributed by atoms with Crippen LogP contribution in [0.5, 0.6) is 5.75 Å². The number of methoxy groups -OCH3 is 1. The van der Waals surface area contributed by atoms with Crippen molar-refractivity contribution in [2.75, 3.05) is 27.0 Å². The van der Waals surface area contributed by atoms with Gasteiger partial charge in [0.1, 0.15) is 5.75 Å². The van der Waals surface area contributed by atoms with Crippen molar-refractivity contribution in [1.29, 1.82) is 0 Å². The molecule has 0 bridgehead atoms. The second kappa shape index (κ2) is 9.84. The molecule has 0 spiro atoms. The van der Waals surface area contributed by atoms with Crippen LogP contribution < -0.4 is 10.5 Å². The third kappa shape index (κ3) is 4.43. The lowest BCUT2D eigenvalue weighted by Gasteiger charge is -2.36. The van der Waals surface area contributed by atoms with Gasteiger partial charge in [0.25, 0.3) is 5.91 Å². The number of carbonyl (C=O) groups is 1. The van der Waals surface area contributed by atoms with Crippen LogP contribution in [0.25, 0.3) is 0 Å². The fourth-order valence-electron chi connectivity index (χ4n) is 4.66. The van der Waals surface area contributed by atoms with Crippen molar-refractivity contribution < 1.29 is 9.53 Å². The predicted molar refractivity (Wildman–Crippen MR) is 143 cm³/mol. The molecule has 1 unspecified atom stereocenters. The highest BCUT2D eigenvalue weighted by molar-refractivity contribution is 7.99. The largest absolute Gasteiger partial charge is 0.495 e. The van der Waals surface area contributed by atoms with Crippen molar-refractivity contribution in [3.63, 3.8) is 0 Å². The summed E-state index contributed by atoms with van der Waals surface area (Å²) >= 11 is 14.8. The van der Waals surface area contributed by atoms with E-state index in [1.54, 1.807) is 30.1 Å². The molecule has 0 radical (unpaired) electrons. The van der Waals surface area contributed by atoms with E-state index < -0.39 is 0 Å². The summed E-state index contributed by atoms with van der Waals surface area (Å²) in [5, 5.41) is 1.00. The molecule has 8 heteroatoms. The maximum absolute atomic E-state index is 13.4. The molecule has 5 nitrogen and oxygen atoms in total. The van der Waals surface area contributed by atoms with E-state index in [1.165, 1.54) is 12.7 Å². The third-order valence-corrected chi connectivity index (χ3v) is 8.88. The van der Waals surface area contributed by atoms with Crippen LogP contribution in [0.15, 0.2) is 52.7 Å². The molecule has 2 aliphatic rings. The molecule has 1 atom stereocenters. The number of hydrogen-bond donors (Lipinski definition) is 1. The Kier molecular flexibility index (Phi) is 7.22. The summed E-state index contributed by atoms with van der Waals surface area (Å²) in [5.74, 6) is 0.297. The van der Waals surface area contributed by atoms with Crippen molar-refractivity contribution in [2.24, 2.45) is 10.7 Å². The van der Waals surface area contributed by atoms with E-state index in [9.17, 15) is 4.79 Å². The SMILES string of the molecule is CN=C(C1=C(N)C(C)N(C(=O)c2cccc(OC)c2Cl)CC1)c1cc(Cl)cc(C2(SC)CC2)c1. The Morgan fingerprint density at radius 2 is 2.00 bits per heavy atom. The second-order valence-corrected chi connectivity index (χ2v) is 10.7. The van der Waals surface area contributed by atoms with Crippen molar-refractivity contribution in [1.82, 2.24) is 4.90 Å². The Hall–Kier alpha value is -2.15. The van der Waals surface area contributed by atoms with E-state index in [1.807, 2.05) is 24.8 Å². The maximum Gasteiger partial charge on any atom is 0.256 e. The van der Waals surface area contributed by atoms with E-state index in [4.69, 9.17) is 33.7 Å². The lowest BCUT2D eigenvalue weighted by atomic mass is 9.90. The standard InChI is InChI=1S/C26H29Cl2N3O2S/c1-15-23(29)20(8-11-31(15)25(32)19-6-5-7-21(33-3)22(19)28)24(30-2)16-12-17(14-18(27)13-16)26(34-4)9-10-26/h5-7,12-15H,8-11,29H2,1-4H3. The van der Waals surface area contributed by atoms with E-state index in [0.717, 1.165) is 29.7 Å². The van der Waals surface area contributed by atoms with Crippen LogP contribution in [-0.4, -0.2) is 49.5 Å². The van der Waals surface area contributed by atoms with Crippen LogP contribution in [-0.2, 0) is 4.75 Å². The summed E-state index contributed by atoms with van der Waals surface area (Å²) in [4.78, 5) is 19.7. The molecular formula is C26H29Cl2N3O2S. The Labute approximate surface area is 215 Å². The normalized spacial score (nSPS) is 19.9. The second-order valence-electron chi connectivity index (χ2n) is 8.68. The third-order valence-electron chi connectivity index (χ3n) is 6.84. The number of amides is 1. The van der Waals surface area contributed by atoms with Crippen molar-refractivity contribution in [2.45, 2.75) is 37.0 Å². The van der Waals surface area contributed by atoms with E-state index in [2.05, 4.69) is 23.4 Å². The fraction of sp³-hybridized carbons (Fsp3) is 0.385. The zero-order chi connectivity index (χ0) is 24.6. The molecule has 1 fully saturated rings. The smallest absolute Gasteiger partial charge is 0.256 e. The van der Waals surface area contributed by atoms with E-state index >= 15 is 0 Å². The van der Waals surface area contributed by atoms with E-state index in [-0.39, 0.29) is 16.7 Å². The number of thioether (sulfide) groups is 1. The number of nitrogens with zero attached hydrogens (tertiary/aromatic N) is 2. The summed E-state index contributed by atoms with van der Waals surface area (Å²) in [7, 11) is 3.30. The van der Waals surface area contributed by atoms with Gasteiger partial charge in [-0.15, -0.1) is 0 Å². The van der Waals surface area contributed by atoms with Gasteiger partial charge in [0.2, 0.25) is 0 Å². The number of ether oxygens (including phenoxy) is 1. The molecule has 1 aliphatic heterocycles. The van der Waals surface area contributed by atoms with Gasteiger partial charge < -0.3 is 15.4 Å². The number of nitrogens with two attached hydrogens (primary N) is 1. The summed E-state index contributed by atoms with van der Waals surface area (Å²) in [5.41, 5.74) is 11.7. The van der Waals surface area contributed by atoms with Gasteiger partial charge >= 0.3 is 0 Å². The topological polar surface area (TPSA) is 67.9 Å². The molecule has 180 valence electrons. The minimum absolute atomic E-state index is 0.150. The average Bonchev–Trinajstić information content (AvgIpc) is 3.63. The summed E-state index contributed by atoms with van der Waals surface area (Å²) in [6, 6.07) is 11.1. The number of benzene rings is 2. The Bertz CT molecular complexity index is 1190. The molecule has 2 N–H and O–H groups in total. The van der Waals surface area contributed by atoms with Gasteiger partial charge in [0, 0.05) is 40.2 Å². The summed E-state index contributed by atoms with van der Waals surface area (Å²) < 4.78 is 5.42. The van der Waals surface area contributed by atoms with Crippen LogP contribution in [0.2, 0.25) is 10.0 Å². The first-order chi connectivity index (χ1) is 16.3. The fourth-order valence-corrected chi connectivity index (χ4v) is 6.05. The van der Waals surface area contributed by atoms with Crippen molar-refractivity contribution >= 4 is 46.6 Å². The summed E-state index contributed by atoms with van der Waals surface area (Å²) in [6.07, 6.45) is 5.04. The van der Waals surface area contributed by atoms with Gasteiger partial charge in [-0.05, 0) is 68.3 Å². The van der Waals surface area contributed by atoms with Crippen LogP contribution in [0, 0.1) is 0 Å². The zero-order valence-electron chi connectivity index (χ0n) is 19.8. The van der Waals surface area contributed by atoms with Gasteiger partial charge in [0.15, 0.2) is 0 Å². The molecule has 1 amide bonds. The van der Waals surface area contributed by atoms with Gasteiger partial charge in [-0.1, -0.05) is 29.3 Å². The summed E-state index contributed by atoms with van der Waals surface area (Å²) in [6.45, 7) is 2.44. The van der Waals surface area contributed by atoms with Crippen LogP contribution in [0.3, 0.4) is 0 Å². The highest BCUT2D eigenvalue weighted by Gasteiger charge is 2.44. The molecular weight excluding hydrogens is 489 g/mol. The molecule has 1 heterocycles. The van der Waals surface area contributed by atoms with E-state index in [0.29, 0.717) is 40.0 Å². The van der Waals surface area contributed by atoms with Crippen molar-refractivity contribution in [3.8, 4) is 5.75 Å². The molecule has 0 aromatic heterocycles. The number of rotatable bonds is 6. The van der Waals surface area contributed by atoms with Crippen LogP contribution in [0.1, 0.15) is 47.7 Å². The van der Waals surface area contributed by atoms with Gasteiger partial charge in [-0.25, -0.2) is 0 Å². The maximum atomic E-state index is 13.4. The first kappa shape index (κ1) is 25.0. The van der Waals surface area contributed by atoms with Gasteiger partial charge in [-0.2, -0.15) is 11.8 Å². The number of hydrogen-bond acceptors (Lipinski definition) is 5. The molecule has 1 saturated carbocycles. The quantitative estimate of drug-likeness (QED) is 0.482. The lowest BCUT2D eigenvalue weighted by Crippen LogP contribution is -2.46. The molecule has 34 heavy (non-hydrogen) atoms. The highest BCUT2D eigenvalue weighted by Crippen LogP contribution is 2.56. The minimum atomic E-state index is -0.310. The average molecular weight is 519 g/mol. The Balaban J connectivity index is 1.66. The minimum Gasteiger partial charge on any atom is -0.495 e. The number of carbonyl (C=O) groups excluding carboxylic acids is 1. The van der Waals surface area contributed by atoms with Gasteiger partial charge in [0.05, 0.1) is 29.4 Å². The molecule has 4 rings (SSSR count). The predicted octanol–water partition coefficient (Wildman–Crippen LogP) is 5.92. The number of aliphatic imine (C=N–C) groups is 1. The lowest BCUT2D eigenvalue weighted by molar-refractivity contribution is 0.0706. The Morgan fingerprint density at radius 1 is 1.26 bits per heavy atom. The molecule has 0 saturated heterocycles. The first-order valence-electron chi connectivity index (χ1n) is 11.2. The molecule has 2 aromatic carbocycles. The molecule has 2 aromatic rings. The zero-order valence-corrected chi connectivity index (χ0v) is 22.2. The Morgan fingerprint density at radius 3 is 2.62 bits per heavy atom. The molecule has 1 aliphatic carbocycles. The first-order valence-corrected chi connectivity index (χ1v) is 13.2. The van der Waals surface area contributed by atoms with Crippen molar-refractivity contribution in [3.05, 3.63) is 74.4 Å². The van der Waals surface area contributed by atoms with Gasteiger partial charge in [-0.3, -0.25) is 9.79 Å². The highest BCUT2D eigenvalue weighted by atomic mass is 35.5. The monoisotopic (exact) mass is 517 g/mol. The van der Waals surface area contributed by atoms with Crippen LogP contribution in [0.4, 0.5) is 0 Å². The van der Waals surface area contributed by atoms with Crippen LogP contribution >= 0.6 is 35.0 Å².